The Morgan fingerprint density at radius 2 is 2.14 bits per heavy atom. The van der Waals surface area contributed by atoms with Gasteiger partial charge in [0.05, 0.1) is 13.2 Å². The van der Waals surface area contributed by atoms with E-state index < -0.39 is 0 Å². The number of rotatable bonds is 8. The average Bonchev–Trinajstić information content (AvgIpc) is 3.41. The van der Waals surface area contributed by atoms with Crippen molar-refractivity contribution in [2.75, 3.05) is 31.2 Å². The molecule has 0 radical (unpaired) electrons. The van der Waals surface area contributed by atoms with Gasteiger partial charge in [0.2, 0.25) is 10.1 Å². The molecule has 1 amide bonds. The largest absolute Gasteiger partial charge is 0.378 e. The van der Waals surface area contributed by atoms with Gasteiger partial charge in [0.1, 0.15) is 0 Å². The van der Waals surface area contributed by atoms with Gasteiger partial charge in [0.25, 0.3) is 5.91 Å². The summed E-state index contributed by atoms with van der Waals surface area (Å²) in [5.74, 6) is -0.136. The molecule has 0 spiro atoms. The van der Waals surface area contributed by atoms with Crippen molar-refractivity contribution in [2.45, 2.75) is 38.6 Å². The summed E-state index contributed by atoms with van der Waals surface area (Å²) in [6.45, 7) is 5.12. The summed E-state index contributed by atoms with van der Waals surface area (Å²) in [5.41, 5.74) is 2.36. The summed E-state index contributed by atoms with van der Waals surface area (Å²) in [6, 6.07) is 8.35. The number of anilines is 1. The molecule has 0 aliphatic carbocycles. The number of morpholine rings is 1. The van der Waals surface area contributed by atoms with Gasteiger partial charge < -0.3 is 19.9 Å². The molecule has 2 N–H and O–H groups in total. The Hall–Kier alpha value is -2.45. The number of ether oxygens (including phenoxy) is 1. The highest BCUT2D eigenvalue weighted by atomic mass is 32.1. The number of H-pyrrole nitrogens is 1. The Morgan fingerprint density at radius 1 is 1.31 bits per heavy atom. The molecule has 1 aliphatic heterocycles. The quantitative estimate of drug-likeness (QED) is 0.591. The van der Waals surface area contributed by atoms with Crippen molar-refractivity contribution in [3.05, 3.63) is 41.0 Å². The lowest BCUT2D eigenvalue weighted by Crippen LogP contribution is -2.36. The third-order valence-electron chi connectivity index (χ3n) is 5.27. The predicted octanol–water partition coefficient (Wildman–Crippen LogP) is 3.39. The van der Waals surface area contributed by atoms with E-state index in [1.807, 2.05) is 12.1 Å². The van der Waals surface area contributed by atoms with Gasteiger partial charge in [-0.05, 0) is 24.5 Å². The summed E-state index contributed by atoms with van der Waals surface area (Å²) in [7, 11) is 0. The SMILES string of the molecule is CCCCC(Cc1c[nH]c2ccccc12)NC(=O)c1nnc(N2CCOCC2)s1. The van der Waals surface area contributed by atoms with Gasteiger partial charge in [-0.15, -0.1) is 10.2 Å². The summed E-state index contributed by atoms with van der Waals surface area (Å²) >= 11 is 1.35. The Morgan fingerprint density at radius 3 is 2.97 bits per heavy atom. The van der Waals surface area contributed by atoms with Gasteiger partial charge in [-0.2, -0.15) is 0 Å². The first-order chi connectivity index (χ1) is 14.2. The van der Waals surface area contributed by atoms with Crippen molar-refractivity contribution < 1.29 is 9.53 Å². The molecule has 1 fully saturated rings. The zero-order valence-corrected chi connectivity index (χ0v) is 17.5. The number of fused-ring (bicyclic) bond motifs is 1. The van der Waals surface area contributed by atoms with E-state index in [-0.39, 0.29) is 11.9 Å². The van der Waals surface area contributed by atoms with Crippen LogP contribution in [0.3, 0.4) is 0 Å². The first-order valence-corrected chi connectivity index (χ1v) is 11.1. The molecule has 29 heavy (non-hydrogen) atoms. The number of carbonyl (C=O) groups excluding carboxylic acids is 1. The van der Waals surface area contributed by atoms with Crippen LogP contribution < -0.4 is 10.2 Å². The van der Waals surface area contributed by atoms with E-state index in [4.69, 9.17) is 4.74 Å². The van der Waals surface area contributed by atoms with Gasteiger partial charge in [0.15, 0.2) is 0 Å². The third-order valence-corrected chi connectivity index (χ3v) is 6.26. The van der Waals surface area contributed by atoms with Crippen LogP contribution in [0.1, 0.15) is 41.6 Å². The second kappa shape index (κ2) is 9.37. The maximum absolute atomic E-state index is 12.9. The van der Waals surface area contributed by atoms with E-state index in [0.717, 1.165) is 49.4 Å². The molecular formula is C21H27N5O2S. The van der Waals surface area contributed by atoms with E-state index >= 15 is 0 Å². The first kappa shape index (κ1) is 19.8. The number of para-hydroxylation sites is 1. The van der Waals surface area contributed by atoms with Crippen LogP contribution in [-0.4, -0.2) is 53.4 Å². The number of hydrogen-bond acceptors (Lipinski definition) is 6. The number of benzene rings is 1. The first-order valence-electron chi connectivity index (χ1n) is 10.3. The van der Waals surface area contributed by atoms with Crippen LogP contribution in [0.4, 0.5) is 5.13 Å². The molecule has 7 nitrogen and oxygen atoms in total. The fourth-order valence-electron chi connectivity index (χ4n) is 3.68. The number of unbranched alkanes of at least 4 members (excludes halogenated alkanes) is 1. The minimum atomic E-state index is -0.136. The van der Waals surface area contributed by atoms with E-state index in [0.29, 0.717) is 18.2 Å². The van der Waals surface area contributed by atoms with Crippen LogP contribution in [0, 0.1) is 0 Å². The fourth-order valence-corrected chi connectivity index (χ4v) is 4.48. The number of aromatic nitrogens is 3. The van der Waals surface area contributed by atoms with Crippen molar-refractivity contribution in [2.24, 2.45) is 0 Å². The molecule has 2 aromatic heterocycles. The lowest BCUT2D eigenvalue weighted by molar-refractivity contribution is 0.0933. The van der Waals surface area contributed by atoms with Crippen LogP contribution in [0.25, 0.3) is 10.9 Å². The molecule has 1 atom stereocenters. The molecule has 3 aromatic rings. The zero-order valence-electron chi connectivity index (χ0n) is 16.7. The topological polar surface area (TPSA) is 83.1 Å². The van der Waals surface area contributed by atoms with Gasteiger partial charge >= 0.3 is 0 Å². The molecule has 0 bridgehead atoms. The summed E-state index contributed by atoms with van der Waals surface area (Å²) in [4.78, 5) is 18.3. The minimum absolute atomic E-state index is 0.0670. The molecule has 1 aliphatic rings. The number of carbonyl (C=O) groups is 1. The Kier molecular flexibility index (Phi) is 6.41. The summed E-state index contributed by atoms with van der Waals surface area (Å²) in [6.07, 6.45) is 5.96. The number of hydrogen-bond donors (Lipinski definition) is 2. The molecule has 1 aromatic carbocycles. The Labute approximate surface area is 174 Å². The monoisotopic (exact) mass is 413 g/mol. The lowest BCUT2D eigenvalue weighted by Gasteiger charge is -2.25. The van der Waals surface area contributed by atoms with Crippen LogP contribution in [0.2, 0.25) is 0 Å². The van der Waals surface area contributed by atoms with Crippen LogP contribution in [0.5, 0.6) is 0 Å². The molecule has 8 heteroatoms. The van der Waals surface area contributed by atoms with Crippen molar-refractivity contribution in [3.8, 4) is 0 Å². The van der Waals surface area contributed by atoms with E-state index in [9.17, 15) is 4.79 Å². The summed E-state index contributed by atoms with van der Waals surface area (Å²) in [5, 5.41) is 14.0. The highest BCUT2D eigenvalue weighted by Gasteiger charge is 2.21. The Bertz CT molecular complexity index is 947. The number of amides is 1. The lowest BCUT2D eigenvalue weighted by atomic mass is 10.0. The minimum Gasteiger partial charge on any atom is -0.378 e. The highest BCUT2D eigenvalue weighted by Crippen LogP contribution is 2.23. The molecule has 1 saturated heterocycles. The fraction of sp³-hybridized carbons (Fsp3) is 0.476. The molecule has 1 unspecified atom stereocenters. The van der Waals surface area contributed by atoms with Gasteiger partial charge in [-0.1, -0.05) is 49.3 Å². The summed E-state index contributed by atoms with van der Waals surface area (Å²) < 4.78 is 5.38. The maximum Gasteiger partial charge on any atom is 0.282 e. The van der Waals surface area contributed by atoms with Crippen LogP contribution in [0.15, 0.2) is 30.5 Å². The zero-order chi connectivity index (χ0) is 20.1. The number of aromatic amines is 1. The molecule has 4 rings (SSSR count). The van der Waals surface area contributed by atoms with Crippen molar-refractivity contribution >= 4 is 33.3 Å². The molecule has 154 valence electrons. The van der Waals surface area contributed by atoms with E-state index in [1.165, 1.54) is 22.3 Å². The van der Waals surface area contributed by atoms with Crippen LogP contribution in [-0.2, 0) is 11.2 Å². The highest BCUT2D eigenvalue weighted by molar-refractivity contribution is 7.17. The predicted molar refractivity (Wildman–Crippen MR) is 116 cm³/mol. The van der Waals surface area contributed by atoms with E-state index in [2.05, 4.69) is 50.7 Å². The van der Waals surface area contributed by atoms with Gasteiger partial charge in [-0.3, -0.25) is 4.79 Å². The molecule has 3 heterocycles. The average molecular weight is 414 g/mol. The smallest absolute Gasteiger partial charge is 0.282 e. The normalized spacial score (nSPS) is 15.6. The number of nitrogens with zero attached hydrogens (tertiary/aromatic N) is 3. The second-order valence-electron chi connectivity index (χ2n) is 7.37. The molecule has 0 saturated carbocycles. The van der Waals surface area contributed by atoms with Gasteiger partial charge in [-0.25, -0.2) is 0 Å². The second-order valence-corrected chi connectivity index (χ2v) is 8.32. The molecular weight excluding hydrogens is 386 g/mol. The van der Waals surface area contributed by atoms with Gasteiger partial charge in [0, 0.05) is 36.2 Å². The van der Waals surface area contributed by atoms with E-state index in [1.54, 1.807) is 0 Å². The van der Waals surface area contributed by atoms with Crippen molar-refractivity contribution in [1.82, 2.24) is 20.5 Å². The van der Waals surface area contributed by atoms with Crippen molar-refractivity contribution in [3.63, 3.8) is 0 Å². The van der Waals surface area contributed by atoms with Crippen LogP contribution >= 0.6 is 11.3 Å². The standard InChI is InChI=1S/C21H27N5O2S/c1-2-3-6-16(13-15-14-22-18-8-5-4-7-17(15)18)23-19(27)20-24-25-21(29-20)26-9-11-28-12-10-26/h4-5,7-8,14,16,22H,2-3,6,9-13H2,1H3,(H,23,27). The third kappa shape index (κ3) is 4.76. The Balaban J connectivity index is 1.44. The van der Waals surface area contributed by atoms with Crippen molar-refractivity contribution in [1.29, 1.82) is 0 Å². The number of nitrogens with one attached hydrogen (secondary N) is 2. The maximum atomic E-state index is 12.9.